The van der Waals surface area contributed by atoms with E-state index < -0.39 is 22.4 Å². The Bertz CT molecular complexity index is 1110. The van der Waals surface area contributed by atoms with Crippen molar-refractivity contribution in [3.8, 4) is 5.75 Å². The summed E-state index contributed by atoms with van der Waals surface area (Å²) in [5.41, 5.74) is -2.30. The van der Waals surface area contributed by atoms with Crippen LogP contribution in [0.25, 0.3) is 0 Å². The van der Waals surface area contributed by atoms with Gasteiger partial charge in [-0.05, 0) is 49.9 Å². The van der Waals surface area contributed by atoms with E-state index >= 15 is 0 Å². The quantitative estimate of drug-likeness (QED) is 0.250. The van der Waals surface area contributed by atoms with Crippen LogP contribution in [-0.4, -0.2) is 64.8 Å². The molecule has 0 radical (unpaired) electrons. The van der Waals surface area contributed by atoms with E-state index in [1.165, 1.54) is 6.07 Å². The van der Waals surface area contributed by atoms with Gasteiger partial charge in [-0.2, -0.15) is 13.2 Å². The van der Waals surface area contributed by atoms with Gasteiger partial charge in [0.2, 0.25) is 0 Å². The molecule has 0 amide bonds. The average Bonchev–Trinajstić information content (AvgIpc) is 2.88. The van der Waals surface area contributed by atoms with E-state index in [0.717, 1.165) is 43.1 Å². The second-order valence-corrected chi connectivity index (χ2v) is 9.87. The minimum absolute atomic E-state index is 0.0139. The molecule has 1 saturated heterocycles. The Labute approximate surface area is 222 Å². The lowest BCUT2D eigenvalue weighted by Gasteiger charge is -2.37. The highest BCUT2D eigenvalue weighted by Crippen LogP contribution is 2.39. The number of nitro benzene ring substituents is 1. The molecule has 1 aromatic carbocycles. The van der Waals surface area contributed by atoms with E-state index in [4.69, 9.17) is 33.3 Å². The normalized spacial score (nSPS) is 20.5. The first kappa shape index (κ1) is 27.3. The number of aromatic nitrogens is 1. The molecule has 37 heavy (non-hydrogen) atoms. The number of ether oxygens (including phenoxy) is 2. The van der Waals surface area contributed by atoms with Crippen LogP contribution in [0.5, 0.6) is 5.75 Å². The maximum atomic E-state index is 13.2. The topological polar surface area (TPSA) is 81.0 Å². The summed E-state index contributed by atoms with van der Waals surface area (Å²) in [6.45, 7) is 3.44. The lowest BCUT2D eigenvalue weighted by atomic mass is 9.95. The Hall–Kier alpha value is -2.70. The summed E-state index contributed by atoms with van der Waals surface area (Å²) in [5.74, 6) is 0.852. The van der Waals surface area contributed by atoms with Crippen molar-refractivity contribution in [1.29, 1.82) is 0 Å². The Kier molecular flexibility index (Phi) is 8.71. The largest absolute Gasteiger partial charge is 0.490 e. The zero-order chi connectivity index (χ0) is 26.6. The van der Waals surface area contributed by atoms with Gasteiger partial charge in [-0.3, -0.25) is 10.1 Å². The molecule has 200 valence electrons. The first-order chi connectivity index (χ1) is 17.6. The predicted octanol–water partition coefficient (Wildman–Crippen LogP) is 5.52. The van der Waals surface area contributed by atoms with Crippen molar-refractivity contribution < 1.29 is 27.6 Å². The molecule has 0 N–H and O–H groups in total. The number of nitrogens with zero attached hydrogens (tertiary/aromatic N) is 4. The summed E-state index contributed by atoms with van der Waals surface area (Å²) in [6, 6.07) is 6.45. The molecule has 8 nitrogen and oxygen atoms in total. The third kappa shape index (κ3) is 7.20. The van der Waals surface area contributed by atoms with Gasteiger partial charge >= 0.3 is 6.18 Å². The lowest BCUT2D eigenvalue weighted by Crippen LogP contribution is -2.49. The van der Waals surface area contributed by atoms with Crippen LogP contribution in [0.1, 0.15) is 31.2 Å². The molecule has 4 rings (SSSR count). The Morgan fingerprint density at radius 3 is 2.38 bits per heavy atom. The summed E-state index contributed by atoms with van der Waals surface area (Å²) in [4.78, 5) is 19.3. The lowest BCUT2D eigenvalue weighted by molar-refractivity contribution is -0.388. The number of alkyl halides is 3. The highest BCUT2D eigenvalue weighted by Gasteiger charge is 2.39. The molecule has 2 aromatic rings. The van der Waals surface area contributed by atoms with Gasteiger partial charge in [0, 0.05) is 38.4 Å². The fraction of sp³-hybridized carbons (Fsp3) is 0.500. The molecular weight excluding hydrogens is 533 g/mol. The Morgan fingerprint density at radius 2 is 1.78 bits per heavy atom. The van der Waals surface area contributed by atoms with E-state index in [-0.39, 0.29) is 18.0 Å². The summed E-state index contributed by atoms with van der Waals surface area (Å²) in [5, 5.41) is 11.5. The number of hydrogen-bond donors (Lipinski definition) is 0. The first-order valence-corrected chi connectivity index (χ1v) is 12.7. The third-order valence-corrected chi connectivity index (χ3v) is 7.10. The summed E-state index contributed by atoms with van der Waals surface area (Å²) in [6.07, 6.45) is -0.947. The standard InChI is InChI=1S/C24H26ClF3N4O4S/c25-16-1-8-22(29-14-16)30-9-11-31(12-10-30)23(37)15-35-17-2-4-18(5-3-17)36-19-6-7-21(32(33)34)20(13-19)24(26,27)28/h1,6-8,13-14,17-18H,2-5,9-12,15H2/t17-,18-. The second-order valence-electron chi connectivity index (χ2n) is 8.96. The van der Waals surface area contributed by atoms with Gasteiger partial charge < -0.3 is 19.3 Å². The number of nitro groups is 1. The zero-order valence-corrected chi connectivity index (χ0v) is 21.4. The van der Waals surface area contributed by atoms with Gasteiger partial charge in [-0.15, -0.1) is 0 Å². The predicted molar refractivity (Wildman–Crippen MR) is 136 cm³/mol. The molecular formula is C24H26ClF3N4O4S. The van der Waals surface area contributed by atoms with Gasteiger partial charge in [-0.25, -0.2) is 4.98 Å². The molecule has 0 atom stereocenters. The van der Waals surface area contributed by atoms with Gasteiger partial charge in [0.1, 0.15) is 22.1 Å². The third-order valence-electron chi connectivity index (χ3n) is 6.50. The first-order valence-electron chi connectivity index (χ1n) is 11.9. The molecule has 1 aliphatic carbocycles. The van der Waals surface area contributed by atoms with Crippen molar-refractivity contribution >= 4 is 40.3 Å². The second kappa shape index (κ2) is 11.8. The van der Waals surface area contributed by atoms with Crippen molar-refractivity contribution in [3.05, 3.63) is 57.2 Å². The van der Waals surface area contributed by atoms with Crippen molar-refractivity contribution in [1.82, 2.24) is 9.88 Å². The number of anilines is 1. The molecule has 2 aliphatic rings. The number of hydrogen-bond acceptors (Lipinski definition) is 7. The van der Waals surface area contributed by atoms with Crippen molar-refractivity contribution in [2.24, 2.45) is 0 Å². The van der Waals surface area contributed by atoms with Gasteiger partial charge in [0.15, 0.2) is 0 Å². The highest BCUT2D eigenvalue weighted by atomic mass is 35.5. The number of pyridine rings is 1. The van der Waals surface area contributed by atoms with E-state index in [9.17, 15) is 23.3 Å². The molecule has 1 aliphatic heterocycles. The van der Waals surface area contributed by atoms with E-state index in [1.54, 1.807) is 6.20 Å². The summed E-state index contributed by atoms with van der Waals surface area (Å²) >= 11 is 11.5. The van der Waals surface area contributed by atoms with Crippen LogP contribution in [0.3, 0.4) is 0 Å². The average molecular weight is 559 g/mol. The molecule has 1 aromatic heterocycles. The van der Waals surface area contributed by atoms with E-state index in [0.29, 0.717) is 43.4 Å². The van der Waals surface area contributed by atoms with Gasteiger partial charge in [0.25, 0.3) is 5.69 Å². The van der Waals surface area contributed by atoms with Crippen LogP contribution >= 0.6 is 23.8 Å². The van der Waals surface area contributed by atoms with Crippen molar-refractivity contribution in [2.75, 3.05) is 37.7 Å². The number of thiocarbonyl (C=S) groups is 1. The van der Waals surface area contributed by atoms with E-state index in [1.807, 2.05) is 12.1 Å². The van der Waals surface area contributed by atoms with Crippen LogP contribution in [0.4, 0.5) is 24.7 Å². The fourth-order valence-corrected chi connectivity index (χ4v) is 4.87. The Balaban J connectivity index is 1.20. The maximum Gasteiger partial charge on any atom is 0.423 e. The molecule has 1 saturated carbocycles. The van der Waals surface area contributed by atoms with E-state index in [2.05, 4.69) is 14.8 Å². The number of piperazine rings is 1. The van der Waals surface area contributed by atoms with Crippen LogP contribution in [0.2, 0.25) is 5.02 Å². The molecule has 2 heterocycles. The minimum atomic E-state index is -4.84. The maximum absolute atomic E-state index is 13.2. The van der Waals surface area contributed by atoms with Gasteiger partial charge in [0.05, 0.1) is 28.8 Å². The highest BCUT2D eigenvalue weighted by molar-refractivity contribution is 7.80. The molecule has 0 bridgehead atoms. The number of benzene rings is 1. The minimum Gasteiger partial charge on any atom is -0.490 e. The van der Waals surface area contributed by atoms with Crippen molar-refractivity contribution in [2.45, 2.75) is 44.1 Å². The summed E-state index contributed by atoms with van der Waals surface area (Å²) in [7, 11) is 0. The number of halogens is 4. The SMILES string of the molecule is O=[N+]([O-])c1ccc(O[C@H]2CC[C@H](OCC(=S)N3CCN(c4ccc(Cl)cn4)CC3)CC2)cc1C(F)(F)F. The van der Waals surface area contributed by atoms with Crippen LogP contribution < -0.4 is 9.64 Å². The molecule has 0 unspecified atom stereocenters. The van der Waals surface area contributed by atoms with Crippen LogP contribution in [0, 0.1) is 10.1 Å². The van der Waals surface area contributed by atoms with Crippen molar-refractivity contribution in [3.63, 3.8) is 0 Å². The van der Waals surface area contributed by atoms with Crippen LogP contribution in [-0.2, 0) is 10.9 Å². The monoisotopic (exact) mass is 558 g/mol. The molecule has 2 fully saturated rings. The molecule has 0 spiro atoms. The number of rotatable bonds is 7. The smallest absolute Gasteiger partial charge is 0.423 e. The Morgan fingerprint density at radius 1 is 1.11 bits per heavy atom. The fourth-order valence-electron chi connectivity index (χ4n) is 4.50. The summed E-state index contributed by atoms with van der Waals surface area (Å²) < 4.78 is 51.4. The zero-order valence-electron chi connectivity index (χ0n) is 19.8. The molecule has 13 heteroatoms. The van der Waals surface area contributed by atoms with Crippen LogP contribution in [0.15, 0.2) is 36.5 Å². The van der Waals surface area contributed by atoms with Gasteiger partial charge in [-0.1, -0.05) is 23.8 Å².